The van der Waals surface area contributed by atoms with Crippen molar-refractivity contribution < 1.29 is 33.5 Å². The summed E-state index contributed by atoms with van der Waals surface area (Å²) >= 11 is 0. The number of rotatable bonds is 10. The van der Waals surface area contributed by atoms with Crippen molar-refractivity contribution in [2.24, 2.45) is 5.92 Å². The lowest BCUT2D eigenvalue weighted by Gasteiger charge is -2.34. The summed E-state index contributed by atoms with van der Waals surface area (Å²) in [6, 6.07) is 3.45. The van der Waals surface area contributed by atoms with E-state index in [1.165, 1.54) is 5.57 Å². The van der Waals surface area contributed by atoms with Crippen LogP contribution >= 0.6 is 7.82 Å². The molecule has 1 fully saturated rings. The lowest BCUT2D eigenvalue weighted by Crippen LogP contribution is -2.34. The van der Waals surface area contributed by atoms with Crippen LogP contribution in [0.2, 0.25) is 0 Å². The SMILES string of the molecule is C=C(C)[C@@H]1CCC(C)=C[C@H]1c1c(O)cc(CCCCC)cc1OC(=O)C1(OP(=O)([O-])[O-])CC1. The quantitative estimate of drug-likeness (QED) is 0.174. The van der Waals surface area contributed by atoms with E-state index in [-0.39, 0.29) is 36.2 Å². The molecule has 0 aliphatic heterocycles. The summed E-state index contributed by atoms with van der Waals surface area (Å²) in [7, 11) is -5.36. The molecule has 1 saturated carbocycles. The lowest BCUT2D eigenvalue weighted by atomic mass is 9.73. The van der Waals surface area contributed by atoms with Gasteiger partial charge in [0.05, 0.1) is 7.82 Å². The Morgan fingerprint density at radius 2 is 2.00 bits per heavy atom. The molecule has 2 atom stereocenters. The Hall–Kier alpha value is -1.92. The zero-order valence-corrected chi connectivity index (χ0v) is 20.5. The van der Waals surface area contributed by atoms with Crippen LogP contribution in [-0.4, -0.2) is 16.7 Å². The van der Waals surface area contributed by atoms with Crippen LogP contribution in [0.1, 0.15) is 82.8 Å². The predicted molar refractivity (Wildman–Crippen MR) is 122 cm³/mol. The van der Waals surface area contributed by atoms with Crippen molar-refractivity contribution in [1.29, 1.82) is 0 Å². The highest BCUT2D eigenvalue weighted by molar-refractivity contribution is 7.43. The first-order valence-corrected chi connectivity index (χ1v) is 13.1. The molecule has 0 spiro atoms. The number of phosphoric acid groups is 1. The molecular formula is C25H33O7P-2. The number of carbonyl (C=O) groups excluding carboxylic acids is 1. The Labute approximate surface area is 195 Å². The van der Waals surface area contributed by atoms with Gasteiger partial charge in [-0.25, -0.2) is 4.79 Å². The fourth-order valence-electron chi connectivity index (χ4n) is 4.57. The number of phenols is 1. The highest BCUT2D eigenvalue weighted by atomic mass is 31.2. The molecule has 1 aromatic carbocycles. The van der Waals surface area contributed by atoms with E-state index in [1.54, 1.807) is 12.1 Å². The molecule has 1 aromatic rings. The molecule has 182 valence electrons. The third-order valence-corrected chi connectivity index (χ3v) is 7.10. The molecule has 0 heterocycles. The van der Waals surface area contributed by atoms with Crippen LogP contribution in [0, 0.1) is 5.92 Å². The van der Waals surface area contributed by atoms with Gasteiger partial charge in [-0.2, -0.15) is 0 Å². The Morgan fingerprint density at radius 3 is 2.58 bits per heavy atom. The first-order valence-electron chi connectivity index (χ1n) is 11.6. The summed E-state index contributed by atoms with van der Waals surface area (Å²) < 4.78 is 21.4. The molecule has 8 heteroatoms. The highest BCUT2D eigenvalue weighted by Crippen LogP contribution is 2.51. The molecule has 2 aliphatic rings. The van der Waals surface area contributed by atoms with Crippen LogP contribution in [0.3, 0.4) is 0 Å². The average Bonchev–Trinajstić information content (AvgIpc) is 3.46. The third kappa shape index (κ3) is 6.36. The number of unbranched alkanes of at least 4 members (excludes halogenated alkanes) is 2. The highest BCUT2D eigenvalue weighted by Gasteiger charge is 2.54. The molecule has 7 nitrogen and oxygen atoms in total. The Balaban J connectivity index is 2.02. The zero-order chi connectivity index (χ0) is 24.4. The maximum atomic E-state index is 12.9. The normalized spacial score (nSPS) is 21.9. The van der Waals surface area contributed by atoms with E-state index in [1.807, 2.05) is 13.8 Å². The number of allylic oxidation sites excluding steroid dienone is 3. The number of ether oxygens (including phenoxy) is 1. The van der Waals surface area contributed by atoms with Crippen LogP contribution in [0.15, 0.2) is 35.9 Å². The van der Waals surface area contributed by atoms with Crippen LogP contribution in [0.25, 0.3) is 0 Å². The van der Waals surface area contributed by atoms with Crippen LogP contribution in [0.4, 0.5) is 0 Å². The van der Waals surface area contributed by atoms with Crippen LogP contribution in [0.5, 0.6) is 11.5 Å². The number of benzene rings is 1. The first-order chi connectivity index (χ1) is 15.5. The number of phenolic OH excluding ortho intramolecular Hbond substituents is 1. The smallest absolute Gasteiger partial charge is 0.344 e. The van der Waals surface area contributed by atoms with E-state index in [2.05, 4.69) is 24.1 Å². The Morgan fingerprint density at radius 1 is 1.30 bits per heavy atom. The number of aryl methyl sites for hydroxylation is 1. The summed E-state index contributed by atoms with van der Waals surface area (Å²) in [6.07, 6.45) is 7.72. The average molecular weight is 477 g/mol. The van der Waals surface area contributed by atoms with Gasteiger partial charge in [0.15, 0.2) is 5.60 Å². The maximum Gasteiger partial charge on any atom is 0.344 e. The monoisotopic (exact) mass is 476 g/mol. The van der Waals surface area contributed by atoms with Crippen LogP contribution < -0.4 is 14.5 Å². The van der Waals surface area contributed by atoms with Gasteiger partial charge in [-0.1, -0.05) is 43.6 Å². The van der Waals surface area contributed by atoms with E-state index in [4.69, 9.17) is 4.74 Å². The van der Waals surface area contributed by atoms with Crippen molar-refractivity contribution in [2.45, 2.75) is 83.7 Å². The molecule has 0 unspecified atom stereocenters. The number of hydrogen-bond acceptors (Lipinski definition) is 7. The van der Waals surface area contributed by atoms with Gasteiger partial charge in [0.2, 0.25) is 0 Å². The minimum absolute atomic E-state index is 0.0260. The van der Waals surface area contributed by atoms with Gasteiger partial charge in [-0.15, -0.1) is 0 Å². The second kappa shape index (κ2) is 10.1. The summed E-state index contributed by atoms with van der Waals surface area (Å²) in [5, 5.41) is 11.1. The van der Waals surface area contributed by atoms with Crippen molar-refractivity contribution in [2.75, 3.05) is 0 Å². The van der Waals surface area contributed by atoms with E-state index in [0.29, 0.717) is 12.0 Å². The van der Waals surface area contributed by atoms with E-state index in [0.717, 1.165) is 43.2 Å². The van der Waals surface area contributed by atoms with E-state index in [9.17, 15) is 24.3 Å². The van der Waals surface area contributed by atoms with Gasteiger partial charge >= 0.3 is 5.97 Å². The molecule has 0 radical (unpaired) electrons. The minimum Gasteiger partial charge on any atom is -0.790 e. The molecule has 2 aliphatic carbocycles. The number of hydrogen-bond donors (Lipinski definition) is 1. The summed E-state index contributed by atoms with van der Waals surface area (Å²) in [5.74, 6) is -0.917. The van der Waals surface area contributed by atoms with Crippen molar-refractivity contribution >= 4 is 13.8 Å². The van der Waals surface area contributed by atoms with E-state index < -0.39 is 19.4 Å². The lowest BCUT2D eigenvalue weighted by molar-refractivity contribution is -0.345. The first kappa shape index (κ1) is 25.7. The fourth-order valence-corrected chi connectivity index (χ4v) is 5.25. The van der Waals surface area contributed by atoms with Gasteiger partial charge in [0.25, 0.3) is 0 Å². The number of phosphoric ester groups is 1. The van der Waals surface area contributed by atoms with Gasteiger partial charge in [0, 0.05) is 11.5 Å². The van der Waals surface area contributed by atoms with Crippen molar-refractivity contribution in [1.82, 2.24) is 0 Å². The molecule has 0 saturated heterocycles. The molecule has 1 N–H and O–H groups in total. The minimum atomic E-state index is -5.36. The van der Waals surface area contributed by atoms with Gasteiger partial charge in [-0.3, -0.25) is 0 Å². The molecular weight excluding hydrogens is 443 g/mol. The van der Waals surface area contributed by atoms with Crippen molar-refractivity contribution in [3.05, 3.63) is 47.1 Å². The van der Waals surface area contributed by atoms with Gasteiger partial charge in [-0.05, 0) is 76.0 Å². The fraction of sp³-hybridized carbons (Fsp3) is 0.560. The second-order valence-corrected chi connectivity index (χ2v) is 10.5. The molecule has 3 rings (SSSR count). The number of aromatic hydroxyl groups is 1. The van der Waals surface area contributed by atoms with Crippen molar-refractivity contribution in [3.63, 3.8) is 0 Å². The number of carbonyl (C=O) groups is 1. The Kier molecular flexibility index (Phi) is 7.90. The third-order valence-electron chi connectivity index (χ3n) is 6.53. The topological polar surface area (TPSA) is 119 Å². The Bertz CT molecular complexity index is 987. The van der Waals surface area contributed by atoms with E-state index >= 15 is 0 Å². The molecule has 0 amide bonds. The summed E-state index contributed by atoms with van der Waals surface area (Å²) in [6.45, 7) is 10.2. The zero-order valence-electron chi connectivity index (χ0n) is 19.6. The number of esters is 1. The largest absolute Gasteiger partial charge is 0.790 e. The molecule has 33 heavy (non-hydrogen) atoms. The van der Waals surface area contributed by atoms with Gasteiger partial charge in [0.1, 0.15) is 11.5 Å². The maximum absolute atomic E-state index is 12.9. The summed E-state index contributed by atoms with van der Waals surface area (Å²) in [5.41, 5.74) is 1.66. The molecule has 0 bridgehead atoms. The van der Waals surface area contributed by atoms with Crippen molar-refractivity contribution in [3.8, 4) is 11.5 Å². The second-order valence-electron chi connectivity index (χ2n) is 9.44. The molecule has 0 aromatic heterocycles. The summed E-state index contributed by atoms with van der Waals surface area (Å²) in [4.78, 5) is 35.2. The van der Waals surface area contributed by atoms with Crippen LogP contribution in [-0.2, 0) is 20.3 Å². The van der Waals surface area contributed by atoms with Gasteiger partial charge < -0.3 is 28.7 Å². The standard InChI is InChI=1S/C25H35O7P/c1-5-6-7-8-18-14-21(26)23(20-13-17(4)9-10-19(20)16(2)3)22(15-18)31-24(27)25(11-12-25)32-33(28,29)30/h13-15,19-20,26H,2,5-12H2,1,3-4H3,(H2,28,29,30)/p-2/t19-,20+/m0/s1. The predicted octanol–water partition coefficient (Wildman–Crippen LogP) is 4.42.